The van der Waals surface area contributed by atoms with Crippen LogP contribution >= 0.6 is 7.82 Å². The van der Waals surface area contributed by atoms with Gasteiger partial charge in [0.1, 0.15) is 6.61 Å². The number of carbonyl (C=O) groups is 2. The largest absolute Gasteiger partial charge is 0.469 e. The molecular formula is C41H77O8P. The van der Waals surface area contributed by atoms with E-state index in [0.717, 1.165) is 57.8 Å². The molecule has 9 heteroatoms. The predicted octanol–water partition coefficient (Wildman–Crippen LogP) is 12.4. The Kier molecular flexibility index (Phi) is 36.2. The van der Waals surface area contributed by atoms with Gasteiger partial charge in [0.2, 0.25) is 0 Å². The minimum atomic E-state index is -4.75. The molecule has 0 saturated heterocycles. The van der Waals surface area contributed by atoms with Crippen LogP contribution in [0.15, 0.2) is 24.3 Å². The van der Waals surface area contributed by atoms with Gasteiger partial charge in [-0.05, 0) is 64.2 Å². The first kappa shape index (κ1) is 48.5. The van der Waals surface area contributed by atoms with Crippen LogP contribution in [0.4, 0.5) is 0 Å². The molecule has 0 aromatic heterocycles. The summed E-state index contributed by atoms with van der Waals surface area (Å²) in [6.07, 6.45) is 41.8. The van der Waals surface area contributed by atoms with Gasteiger partial charge in [0.25, 0.3) is 0 Å². The molecule has 50 heavy (non-hydrogen) atoms. The van der Waals surface area contributed by atoms with Crippen molar-refractivity contribution in [3.05, 3.63) is 24.3 Å². The third kappa shape index (κ3) is 39.3. The molecule has 2 N–H and O–H groups in total. The molecule has 8 nitrogen and oxygen atoms in total. The van der Waals surface area contributed by atoms with Gasteiger partial charge in [-0.3, -0.25) is 14.1 Å². The van der Waals surface area contributed by atoms with Crippen LogP contribution in [0, 0.1) is 0 Å². The number of hydrogen-bond donors (Lipinski definition) is 2. The van der Waals surface area contributed by atoms with Crippen molar-refractivity contribution in [2.24, 2.45) is 0 Å². The molecule has 0 saturated carbocycles. The number of rotatable bonds is 38. The first-order chi connectivity index (χ1) is 24.3. The van der Waals surface area contributed by atoms with Crippen molar-refractivity contribution in [2.75, 3.05) is 13.2 Å². The smallest absolute Gasteiger partial charge is 0.462 e. The van der Waals surface area contributed by atoms with Crippen molar-refractivity contribution in [3.8, 4) is 0 Å². The van der Waals surface area contributed by atoms with Gasteiger partial charge in [-0.1, -0.05) is 154 Å². The van der Waals surface area contributed by atoms with Crippen molar-refractivity contribution in [1.29, 1.82) is 0 Å². The second-order valence-corrected chi connectivity index (χ2v) is 15.2. The Balaban J connectivity index is 3.92. The van der Waals surface area contributed by atoms with E-state index < -0.39 is 32.5 Å². The van der Waals surface area contributed by atoms with Crippen LogP contribution in [0.5, 0.6) is 0 Å². The zero-order chi connectivity index (χ0) is 36.8. The molecule has 0 heterocycles. The molecule has 0 aliphatic rings. The number of phosphoric acid groups is 1. The molecule has 0 radical (unpaired) electrons. The van der Waals surface area contributed by atoms with Crippen molar-refractivity contribution in [1.82, 2.24) is 0 Å². The van der Waals surface area contributed by atoms with Crippen molar-refractivity contribution < 1.29 is 37.9 Å². The van der Waals surface area contributed by atoms with Gasteiger partial charge in [0.15, 0.2) is 6.10 Å². The molecule has 0 unspecified atom stereocenters. The first-order valence-electron chi connectivity index (χ1n) is 20.6. The second kappa shape index (κ2) is 37.3. The normalized spacial score (nSPS) is 12.6. The number of unbranched alkanes of at least 4 members (excludes halogenated alkanes) is 24. The molecule has 294 valence electrons. The second-order valence-electron chi connectivity index (χ2n) is 14.0. The molecular weight excluding hydrogens is 651 g/mol. The summed E-state index contributed by atoms with van der Waals surface area (Å²) in [5.74, 6) is -0.889. The third-order valence-electron chi connectivity index (χ3n) is 8.94. The van der Waals surface area contributed by atoms with Crippen molar-refractivity contribution in [3.63, 3.8) is 0 Å². The Morgan fingerprint density at radius 3 is 1.24 bits per heavy atom. The maximum Gasteiger partial charge on any atom is 0.469 e. The van der Waals surface area contributed by atoms with E-state index in [1.807, 2.05) is 0 Å². The lowest BCUT2D eigenvalue weighted by molar-refractivity contribution is -0.161. The molecule has 0 spiro atoms. The van der Waals surface area contributed by atoms with Gasteiger partial charge in [-0.15, -0.1) is 0 Å². The van der Waals surface area contributed by atoms with Crippen LogP contribution in [0.2, 0.25) is 0 Å². The highest BCUT2D eigenvalue weighted by molar-refractivity contribution is 7.46. The van der Waals surface area contributed by atoms with Crippen LogP contribution in [-0.2, 0) is 28.2 Å². The van der Waals surface area contributed by atoms with E-state index in [0.29, 0.717) is 6.42 Å². The summed E-state index contributed by atoms with van der Waals surface area (Å²) in [5, 5.41) is 0. The van der Waals surface area contributed by atoms with E-state index in [1.54, 1.807) is 0 Å². The molecule has 0 amide bonds. The van der Waals surface area contributed by atoms with Crippen LogP contribution in [-0.4, -0.2) is 41.0 Å². The molecule has 0 fully saturated rings. The SMILES string of the molecule is CCCCCC/C=C/CCCCCCCCCC(=O)O[C@H](COC(=O)CCCCCCCCC/C=C/CCCCCCCC)COP(=O)(O)O. The summed E-state index contributed by atoms with van der Waals surface area (Å²) < 4.78 is 26.4. The van der Waals surface area contributed by atoms with Crippen LogP contribution in [0.3, 0.4) is 0 Å². The summed E-state index contributed by atoms with van der Waals surface area (Å²) in [5.41, 5.74) is 0. The minimum Gasteiger partial charge on any atom is -0.462 e. The third-order valence-corrected chi connectivity index (χ3v) is 9.43. The minimum absolute atomic E-state index is 0.208. The van der Waals surface area contributed by atoms with E-state index in [9.17, 15) is 14.2 Å². The highest BCUT2D eigenvalue weighted by atomic mass is 31.2. The maximum atomic E-state index is 12.4. The number of carbonyl (C=O) groups excluding carboxylic acids is 2. The zero-order valence-electron chi connectivity index (χ0n) is 32.3. The standard InChI is InChI=1S/C41H77O8P/c1-3-5-7-9-11-13-15-17-19-20-22-23-25-27-29-31-33-35-40(42)47-37-39(38-48-50(44,45)46)49-41(43)36-34-32-30-28-26-24-21-18-16-14-12-10-8-6-4-2/h14,16-17,19,39H,3-13,15,18,20-38H2,1-2H3,(H2,44,45,46)/b16-14+,19-17+/t39-/m1/s1. The Morgan fingerprint density at radius 2 is 0.840 bits per heavy atom. The van der Waals surface area contributed by atoms with Gasteiger partial charge in [0.05, 0.1) is 6.61 Å². The molecule has 0 aliphatic carbocycles. The van der Waals surface area contributed by atoms with Gasteiger partial charge in [-0.25, -0.2) is 4.57 Å². The Bertz CT molecular complexity index is 869. The molecule has 0 bridgehead atoms. The predicted molar refractivity (Wildman–Crippen MR) is 207 cm³/mol. The number of phosphoric ester groups is 1. The van der Waals surface area contributed by atoms with E-state index in [-0.39, 0.29) is 19.4 Å². The van der Waals surface area contributed by atoms with Gasteiger partial charge in [0, 0.05) is 12.8 Å². The highest BCUT2D eigenvalue weighted by Crippen LogP contribution is 2.36. The average Bonchev–Trinajstić information content (AvgIpc) is 3.08. The van der Waals surface area contributed by atoms with Crippen molar-refractivity contribution >= 4 is 19.8 Å². The average molecular weight is 729 g/mol. The molecule has 1 atom stereocenters. The monoisotopic (exact) mass is 729 g/mol. The maximum absolute atomic E-state index is 12.4. The van der Waals surface area contributed by atoms with Crippen LogP contribution in [0.1, 0.15) is 206 Å². The zero-order valence-corrected chi connectivity index (χ0v) is 33.2. The quantitative estimate of drug-likeness (QED) is 0.0279. The van der Waals surface area contributed by atoms with E-state index in [1.165, 1.54) is 116 Å². The fraction of sp³-hybridized carbons (Fsp3) is 0.854. The van der Waals surface area contributed by atoms with Crippen LogP contribution in [0.25, 0.3) is 0 Å². The Hall–Kier alpha value is -1.47. The summed E-state index contributed by atoms with van der Waals surface area (Å²) >= 11 is 0. The van der Waals surface area contributed by atoms with Crippen molar-refractivity contribution in [2.45, 2.75) is 213 Å². The summed E-state index contributed by atoms with van der Waals surface area (Å²) in [4.78, 5) is 42.8. The summed E-state index contributed by atoms with van der Waals surface area (Å²) in [6, 6.07) is 0. The summed E-state index contributed by atoms with van der Waals surface area (Å²) in [7, 11) is -4.75. The van der Waals surface area contributed by atoms with Gasteiger partial charge < -0.3 is 19.3 Å². The lowest BCUT2D eigenvalue weighted by Crippen LogP contribution is -2.29. The molecule has 0 aromatic carbocycles. The number of esters is 2. The fourth-order valence-corrected chi connectivity index (χ4v) is 6.19. The molecule has 0 aromatic rings. The first-order valence-corrected chi connectivity index (χ1v) is 22.2. The van der Waals surface area contributed by atoms with Gasteiger partial charge >= 0.3 is 19.8 Å². The van der Waals surface area contributed by atoms with Gasteiger partial charge in [-0.2, -0.15) is 0 Å². The highest BCUT2D eigenvalue weighted by Gasteiger charge is 2.22. The van der Waals surface area contributed by atoms with E-state index >= 15 is 0 Å². The lowest BCUT2D eigenvalue weighted by Gasteiger charge is -2.18. The van der Waals surface area contributed by atoms with Crippen LogP contribution < -0.4 is 0 Å². The lowest BCUT2D eigenvalue weighted by atomic mass is 10.1. The summed E-state index contributed by atoms with van der Waals surface area (Å²) in [6.45, 7) is 3.67. The number of allylic oxidation sites excluding steroid dienone is 4. The topological polar surface area (TPSA) is 119 Å². The van der Waals surface area contributed by atoms with E-state index in [4.69, 9.17) is 19.3 Å². The molecule has 0 rings (SSSR count). The number of ether oxygens (including phenoxy) is 2. The Morgan fingerprint density at radius 1 is 0.500 bits per heavy atom. The van der Waals surface area contributed by atoms with E-state index in [2.05, 4.69) is 42.7 Å². The number of hydrogen-bond acceptors (Lipinski definition) is 6. The molecule has 0 aliphatic heterocycles. The Labute approximate surface area is 307 Å². The fourth-order valence-electron chi connectivity index (χ4n) is 5.83.